The summed E-state index contributed by atoms with van der Waals surface area (Å²) >= 11 is 0. The second kappa shape index (κ2) is 7.09. The lowest BCUT2D eigenvalue weighted by molar-refractivity contribution is 0.317. The predicted octanol–water partition coefficient (Wildman–Crippen LogP) is 4.92. The molecule has 1 saturated carbocycles. The number of benzene rings is 1. The van der Waals surface area contributed by atoms with Crippen molar-refractivity contribution in [3.8, 4) is 0 Å². The zero-order valence-electron chi connectivity index (χ0n) is 12.8. The topological polar surface area (TPSA) is 12.0 Å². The molecule has 1 aliphatic rings. The van der Waals surface area contributed by atoms with Crippen molar-refractivity contribution in [1.29, 1.82) is 0 Å². The molecule has 1 heteroatoms. The summed E-state index contributed by atoms with van der Waals surface area (Å²) in [5.74, 6) is 0.981. The monoisotopic (exact) mass is 259 g/mol. The highest BCUT2D eigenvalue weighted by Gasteiger charge is 2.17. The van der Waals surface area contributed by atoms with E-state index in [1.807, 2.05) is 0 Å². The second-order valence-electron chi connectivity index (χ2n) is 6.28. The van der Waals surface area contributed by atoms with Gasteiger partial charge in [0.05, 0.1) is 0 Å². The van der Waals surface area contributed by atoms with Crippen LogP contribution in [0.1, 0.15) is 67.7 Å². The van der Waals surface area contributed by atoms with Crippen LogP contribution in [0.5, 0.6) is 0 Å². The van der Waals surface area contributed by atoms with Crippen molar-refractivity contribution in [1.82, 2.24) is 5.32 Å². The van der Waals surface area contributed by atoms with Crippen LogP contribution in [0.3, 0.4) is 0 Å². The molecule has 106 valence electrons. The first-order chi connectivity index (χ1) is 9.20. The molecule has 1 unspecified atom stereocenters. The van der Waals surface area contributed by atoms with Gasteiger partial charge in [0, 0.05) is 6.04 Å². The average molecular weight is 259 g/mol. The van der Waals surface area contributed by atoms with Crippen LogP contribution in [0.2, 0.25) is 0 Å². The van der Waals surface area contributed by atoms with Gasteiger partial charge in [-0.15, -0.1) is 0 Å². The molecule has 1 aliphatic carbocycles. The SMILES string of the molecule is CNC(CCC1CCCCC1)c1cc(C)ccc1C. The van der Waals surface area contributed by atoms with Crippen LogP contribution >= 0.6 is 0 Å². The third-order valence-electron chi connectivity index (χ3n) is 4.75. The molecule has 0 aliphatic heterocycles. The maximum Gasteiger partial charge on any atom is 0.0320 e. The van der Waals surface area contributed by atoms with Crippen LogP contribution in [0.25, 0.3) is 0 Å². The lowest BCUT2D eigenvalue weighted by atomic mass is 9.84. The van der Waals surface area contributed by atoms with Gasteiger partial charge in [0.1, 0.15) is 0 Å². The Balaban J connectivity index is 1.97. The standard InChI is InChI=1S/C18H29N/c1-14-9-10-15(2)17(13-14)18(19-3)12-11-16-7-5-4-6-8-16/h9-10,13,16,18-19H,4-8,11-12H2,1-3H3. The highest BCUT2D eigenvalue weighted by Crippen LogP contribution is 2.31. The molecule has 1 aromatic rings. The van der Waals surface area contributed by atoms with Gasteiger partial charge >= 0.3 is 0 Å². The van der Waals surface area contributed by atoms with Crippen molar-refractivity contribution < 1.29 is 0 Å². The fourth-order valence-electron chi connectivity index (χ4n) is 3.47. The van der Waals surface area contributed by atoms with Crippen LogP contribution in [0.4, 0.5) is 0 Å². The summed E-state index contributed by atoms with van der Waals surface area (Å²) in [7, 11) is 2.10. The lowest BCUT2D eigenvalue weighted by Crippen LogP contribution is -2.19. The van der Waals surface area contributed by atoms with E-state index in [0.717, 1.165) is 5.92 Å². The molecular weight excluding hydrogens is 230 g/mol. The van der Waals surface area contributed by atoms with Crippen LogP contribution in [-0.4, -0.2) is 7.05 Å². The van der Waals surface area contributed by atoms with E-state index in [1.54, 1.807) is 0 Å². The van der Waals surface area contributed by atoms with Gasteiger partial charge < -0.3 is 5.32 Å². The Kier molecular flexibility index (Phi) is 5.45. The molecule has 19 heavy (non-hydrogen) atoms. The molecule has 0 saturated heterocycles. The Morgan fingerprint density at radius 1 is 1.16 bits per heavy atom. The number of rotatable bonds is 5. The van der Waals surface area contributed by atoms with E-state index < -0.39 is 0 Å². The molecule has 1 aromatic carbocycles. The van der Waals surface area contributed by atoms with Crippen molar-refractivity contribution in [2.24, 2.45) is 5.92 Å². The summed E-state index contributed by atoms with van der Waals surface area (Å²) in [5, 5.41) is 3.53. The summed E-state index contributed by atoms with van der Waals surface area (Å²) < 4.78 is 0. The van der Waals surface area contributed by atoms with E-state index in [-0.39, 0.29) is 0 Å². The first kappa shape index (κ1) is 14.6. The zero-order valence-corrected chi connectivity index (χ0v) is 12.8. The first-order valence-electron chi connectivity index (χ1n) is 7.95. The van der Waals surface area contributed by atoms with E-state index in [0.29, 0.717) is 6.04 Å². The zero-order chi connectivity index (χ0) is 13.7. The third-order valence-corrected chi connectivity index (χ3v) is 4.75. The first-order valence-corrected chi connectivity index (χ1v) is 7.95. The number of hydrogen-bond acceptors (Lipinski definition) is 1. The minimum atomic E-state index is 0.529. The number of aryl methyl sites for hydroxylation is 2. The highest BCUT2D eigenvalue weighted by molar-refractivity contribution is 5.32. The molecule has 0 amide bonds. The van der Waals surface area contributed by atoms with Gasteiger partial charge in [-0.1, -0.05) is 55.9 Å². The normalized spacial score (nSPS) is 18.5. The molecule has 0 spiro atoms. The van der Waals surface area contributed by atoms with Gasteiger partial charge in [0.25, 0.3) is 0 Å². The summed E-state index contributed by atoms with van der Waals surface area (Å²) in [4.78, 5) is 0. The fraction of sp³-hybridized carbons (Fsp3) is 0.667. The maximum absolute atomic E-state index is 3.53. The Bertz CT molecular complexity index is 391. The fourth-order valence-corrected chi connectivity index (χ4v) is 3.47. The van der Waals surface area contributed by atoms with Gasteiger partial charge in [0.2, 0.25) is 0 Å². The second-order valence-corrected chi connectivity index (χ2v) is 6.28. The quantitative estimate of drug-likeness (QED) is 0.791. The van der Waals surface area contributed by atoms with Crippen molar-refractivity contribution >= 4 is 0 Å². The van der Waals surface area contributed by atoms with E-state index >= 15 is 0 Å². The largest absolute Gasteiger partial charge is 0.313 e. The van der Waals surface area contributed by atoms with Gasteiger partial charge in [0.15, 0.2) is 0 Å². The van der Waals surface area contributed by atoms with E-state index in [4.69, 9.17) is 0 Å². The van der Waals surface area contributed by atoms with Crippen LogP contribution < -0.4 is 5.32 Å². The van der Waals surface area contributed by atoms with Crippen molar-refractivity contribution in [3.63, 3.8) is 0 Å². The molecular formula is C18H29N. The van der Waals surface area contributed by atoms with E-state index in [2.05, 4.69) is 44.4 Å². The Labute approximate surface area is 118 Å². The van der Waals surface area contributed by atoms with Crippen molar-refractivity contribution in [2.75, 3.05) is 7.05 Å². The minimum Gasteiger partial charge on any atom is -0.313 e. The summed E-state index contributed by atoms with van der Waals surface area (Å²) in [5.41, 5.74) is 4.30. The maximum atomic E-state index is 3.53. The van der Waals surface area contributed by atoms with Gasteiger partial charge in [-0.3, -0.25) is 0 Å². The molecule has 2 rings (SSSR count). The van der Waals surface area contributed by atoms with Gasteiger partial charge in [-0.25, -0.2) is 0 Å². The average Bonchev–Trinajstić information content (AvgIpc) is 2.44. The molecule has 1 N–H and O–H groups in total. The van der Waals surface area contributed by atoms with Crippen molar-refractivity contribution in [3.05, 3.63) is 34.9 Å². The Hall–Kier alpha value is -0.820. The van der Waals surface area contributed by atoms with Crippen molar-refractivity contribution in [2.45, 2.75) is 64.8 Å². The molecule has 0 heterocycles. The van der Waals surface area contributed by atoms with Crippen LogP contribution in [0.15, 0.2) is 18.2 Å². The lowest BCUT2D eigenvalue weighted by Gasteiger charge is -2.25. The van der Waals surface area contributed by atoms with Gasteiger partial charge in [-0.2, -0.15) is 0 Å². The van der Waals surface area contributed by atoms with E-state index in [1.165, 1.54) is 61.6 Å². The molecule has 0 radical (unpaired) electrons. The minimum absolute atomic E-state index is 0.529. The summed E-state index contributed by atoms with van der Waals surface area (Å²) in [6.45, 7) is 4.43. The number of nitrogens with one attached hydrogen (secondary N) is 1. The van der Waals surface area contributed by atoms with Crippen LogP contribution in [-0.2, 0) is 0 Å². The van der Waals surface area contributed by atoms with E-state index in [9.17, 15) is 0 Å². The highest BCUT2D eigenvalue weighted by atomic mass is 14.9. The third kappa shape index (κ3) is 4.07. The summed E-state index contributed by atoms with van der Waals surface area (Å²) in [6.07, 6.45) is 9.97. The molecule has 1 fully saturated rings. The summed E-state index contributed by atoms with van der Waals surface area (Å²) in [6, 6.07) is 7.36. The van der Waals surface area contributed by atoms with Crippen LogP contribution in [0, 0.1) is 19.8 Å². The smallest absolute Gasteiger partial charge is 0.0320 e. The number of hydrogen-bond donors (Lipinski definition) is 1. The molecule has 0 aromatic heterocycles. The molecule has 1 nitrogen and oxygen atoms in total. The van der Waals surface area contributed by atoms with Gasteiger partial charge in [-0.05, 0) is 50.8 Å². The predicted molar refractivity (Wildman–Crippen MR) is 83.5 cm³/mol. The molecule has 0 bridgehead atoms. The molecule has 1 atom stereocenters. The Morgan fingerprint density at radius 3 is 2.58 bits per heavy atom. The Morgan fingerprint density at radius 2 is 1.89 bits per heavy atom.